The average molecular weight is 244 g/mol. The molecule has 0 saturated carbocycles. The van der Waals surface area contributed by atoms with Crippen LogP contribution < -0.4 is 0 Å². The summed E-state index contributed by atoms with van der Waals surface area (Å²) < 4.78 is 0. The van der Waals surface area contributed by atoms with Gasteiger partial charge in [-0.05, 0) is 39.7 Å². The van der Waals surface area contributed by atoms with Crippen LogP contribution in [0.2, 0.25) is 0 Å². The highest BCUT2D eigenvalue weighted by atomic mass is 14.6. The third-order valence-electron chi connectivity index (χ3n) is 6.46. The second-order valence-electron chi connectivity index (χ2n) is 7.52. The van der Waals surface area contributed by atoms with Crippen LogP contribution >= 0.6 is 0 Å². The van der Waals surface area contributed by atoms with E-state index in [9.17, 15) is 0 Å². The van der Waals surface area contributed by atoms with Gasteiger partial charge in [-0.3, -0.25) is 0 Å². The lowest BCUT2D eigenvalue weighted by molar-refractivity contribution is -0.0112. The van der Waals surface area contributed by atoms with Crippen molar-refractivity contribution in [2.75, 3.05) is 0 Å². The monoisotopic (exact) mass is 244 g/mol. The second kappa shape index (κ2) is 3.85. The Kier molecular flexibility index (Phi) is 2.92. The van der Waals surface area contributed by atoms with E-state index in [-0.39, 0.29) is 10.8 Å². The second-order valence-corrected chi connectivity index (χ2v) is 7.52. The van der Waals surface area contributed by atoms with Crippen LogP contribution in [0.1, 0.15) is 71.9 Å². The fourth-order valence-corrected chi connectivity index (χ4v) is 4.07. The minimum atomic E-state index is 0.221. The molecule has 2 rings (SSSR count). The molecule has 1 aliphatic carbocycles. The van der Waals surface area contributed by atoms with Gasteiger partial charge in [0.1, 0.15) is 0 Å². The number of rotatable bonds is 1. The summed E-state index contributed by atoms with van der Waals surface area (Å²) in [6.45, 7) is 17.0. The molecule has 0 aromatic heterocycles. The Labute approximate surface area is 113 Å². The van der Waals surface area contributed by atoms with E-state index in [1.807, 2.05) is 0 Å². The number of fused-ring (bicyclic) bond motifs is 1. The maximum Gasteiger partial charge on any atom is -0.00443 e. The Morgan fingerprint density at radius 2 is 1.50 bits per heavy atom. The molecule has 0 nitrogen and oxygen atoms in total. The van der Waals surface area contributed by atoms with Gasteiger partial charge in [0.05, 0.1) is 0 Å². The van der Waals surface area contributed by atoms with E-state index >= 15 is 0 Å². The minimum absolute atomic E-state index is 0.221. The van der Waals surface area contributed by atoms with Gasteiger partial charge in [-0.2, -0.15) is 0 Å². The van der Waals surface area contributed by atoms with Gasteiger partial charge >= 0.3 is 0 Å². The quantitative estimate of drug-likeness (QED) is 0.610. The molecule has 1 aromatic carbocycles. The van der Waals surface area contributed by atoms with Crippen LogP contribution in [0.4, 0.5) is 0 Å². The summed E-state index contributed by atoms with van der Waals surface area (Å²) >= 11 is 0. The lowest BCUT2D eigenvalue weighted by atomic mass is 9.44. The molecule has 0 amide bonds. The molecule has 0 fully saturated rings. The van der Waals surface area contributed by atoms with Crippen molar-refractivity contribution in [1.29, 1.82) is 0 Å². The maximum atomic E-state index is 2.46. The summed E-state index contributed by atoms with van der Waals surface area (Å²) in [6.07, 6.45) is 1.23. The molecule has 18 heavy (non-hydrogen) atoms. The SMILES string of the molecule is CCC1c2ccccc2C(C)(C)C(C)(C)C1(C)C. The van der Waals surface area contributed by atoms with E-state index in [0.717, 1.165) is 0 Å². The molecule has 1 aliphatic rings. The van der Waals surface area contributed by atoms with Gasteiger partial charge in [0.25, 0.3) is 0 Å². The topological polar surface area (TPSA) is 0 Å². The standard InChI is InChI=1S/C18H28/c1-8-14-13-11-9-10-12-15(13)17(4,5)18(6,7)16(14,2)3/h9-12,14H,8H2,1-7H3. The fraction of sp³-hybridized carbons (Fsp3) is 0.667. The highest BCUT2D eigenvalue weighted by Crippen LogP contribution is 2.63. The Bertz CT molecular complexity index is 449. The molecule has 0 saturated heterocycles. The highest BCUT2D eigenvalue weighted by Gasteiger charge is 2.56. The number of hydrogen-bond donors (Lipinski definition) is 0. The predicted octanol–water partition coefficient (Wildman–Crippen LogP) is 5.52. The van der Waals surface area contributed by atoms with Crippen molar-refractivity contribution in [1.82, 2.24) is 0 Å². The summed E-state index contributed by atoms with van der Waals surface area (Å²) in [6, 6.07) is 9.09. The molecule has 0 spiro atoms. The first-order chi connectivity index (χ1) is 8.18. The van der Waals surface area contributed by atoms with Gasteiger partial charge in [-0.15, -0.1) is 0 Å². The fourth-order valence-electron chi connectivity index (χ4n) is 4.07. The van der Waals surface area contributed by atoms with Crippen LogP contribution in [0.3, 0.4) is 0 Å². The molecule has 0 aliphatic heterocycles. The summed E-state index contributed by atoms with van der Waals surface area (Å²) in [5, 5.41) is 0. The van der Waals surface area contributed by atoms with Crippen LogP contribution in [0, 0.1) is 10.8 Å². The molecule has 0 heteroatoms. The first-order valence-corrected chi connectivity index (χ1v) is 7.27. The van der Waals surface area contributed by atoms with Crippen molar-refractivity contribution in [3.8, 4) is 0 Å². The van der Waals surface area contributed by atoms with Crippen LogP contribution in [-0.4, -0.2) is 0 Å². The minimum Gasteiger partial charge on any atom is -0.0648 e. The lowest BCUT2D eigenvalue weighted by Gasteiger charge is -2.60. The zero-order chi connectivity index (χ0) is 13.8. The van der Waals surface area contributed by atoms with Gasteiger partial charge in [0.2, 0.25) is 0 Å². The molecule has 100 valence electrons. The summed E-state index contributed by atoms with van der Waals surface area (Å²) in [5.74, 6) is 0.664. The zero-order valence-corrected chi connectivity index (χ0v) is 13.1. The van der Waals surface area contributed by atoms with E-state index in [2.05, 4.69) is 72.7 Å². The predicted molar refractivity (Wildman–Crippen MR) is 80.1 cm³/mol. The first-order valence-electron chi connectivity index (χ1n) is 7.27. The molecule has 0 radical (unpaired) electrons. The molecule has 1 unspecified atom stereocenters. The largest absolute Gasteiger partial charge is 0.0648 e. The molecule has 1 atom stereocenters. The van der Waals surface area contributed by atoms with E-state index < -0.39 is 0 Å². The Balaban J connectivity index is 2.77. The van der Waals surface area contributed by atoms with Crippen molar-refractivity contribution in [3.05, 3.63) is 35.4 Å². The number of hydrogen-bond acceptors (Lipinski definition) is 0. The Morgan fingerprint density at radius 3 is 2.06 bits per heavy atom. The molecular weight excluding hydrogens is 216 g/mol. The summed E-state index contributed by atoms with van der Waals surface area (Å²) in [7, 11) is 0. The maximum absolute atomic E-state index is 2.46. The van der Waals surface area contributed by atoms with Gasteiger partial charge < -0.3 is 0 Å². The Hall–Kier alpha value is -0.780. The van der Waals surface area contributed by atoms with Gasteiger partial charge in [-0.1, -0.05) is 72.7 Å². The van der Waals surface area contributed by atoms with Gasteiger partial charge in [-0.25, -0.2) is 0 Å². The van der Waals surface area contributed by atoms with Crippen LogP contribution in [0.5, 0.6) is 0 Å². The van der Waals surface area contributed by atoms with E-state index in [4.69, 9.17) is 0 Å². The van der Waals surface area contributed by atoms with Crippen molar-refractivity contribution in [3.63, 3.8) is 0 Å². The number of benzene rings is 1. The van der Waals surface area contributed by atoms with Crippen LogP contribution in [0.25, 0.3) is 0 Å². The average Bonchev–Trinajstić information content (AvgIpc) is 2.28. The summed E-state index contributed by atoms with van der Waals surface area (Å²) in [4.78, 5) is 0. The zero-order valence-electron chi connectivity index (χ0n) is 13.1. The molecule has 0 heterocycles. The first kappa shape index (κ1) is 13.6. The third kappa shape index (κ3) is 1.44. The third-order valence-corrected chi connectivity index (χ3v) is 6.46. The van der Waals surface area contributed by atoms with Gasteiger partial charge in [0.15, 0.2) is 0 Å². The highest BCUT2D eigenvalue weighted by molar-refractivity contribution is 5.43. The Morgan fingerprint density at radius 1 is 0.944 bits per heavy atom. The molecule has 0 N–H and O–H groups in total. The van der Waals surface area contributed by atoms with Crippen molar-refractivity contribution in [2.45, 2.75) is 66.2 Å². The van der Waals surface area contributed by atoms with E-state index in [1.54, 1.807) is 11.1 Å². The van der Waals surface area contributed by atoms with E-state index in [0.29, 0.717) is 11.3 Å². The normalized spacial score (nSPS) is 27.6. The molecule has 1 aromatic rings. The van der Waals surface area contributed by atoms with Crippen LogP contribution in [0.15, 0.2) is 24.3 Å². The van der Waals surface area contributed by atoms with Crippen molar-refractivity contribution in [2.24, 2.45) is 10.8 Å². The molecular formula is C18H28. The lowest BCUT2D eigenvalue weighted by Crippen LogP contribution is -2.53. The van der Waals surface area contributed by atoms with Gasteiger partial charge in [0, 0.05) is 0 Å². The van der Waals surface area contributed by atoms with Crippen molar-refractivity contribution >= 4 is 0 Å². The molecule has 0 bridgehead atoms. The summed E-state index contributed by atoms with van der Waals surface area (Å²) in [5.41, 5.74) is 3.96. The van der Waals surface area contributed by atoms with E-state index in [1.165, 1.54) is 6.42 Å². The van der Waals surface area contributed by atoms with Crippen LogP contribution in [-0.2, 0) is 5.41 Å². The smallest absolute Gasteiger partial charge is 0.00443 e. The van der Waals surface area contributed by atoms with Crippen molar-refractivity contribution < 1.29 is 0 Å².